The largest absolute Gasteiger partial charge is 0.349 e. The molecule has 0 spiro atoms. The van der Waals surface area contributed by atoms with Gasteiger partial charge >= 0.3 is 0 Å². The molecule has 1 amide bonds. The second-order valence-corrected chi connectivity index (χ2v) is 4.33. The van der Waals surface area contributed by atoms with Crippen LogP contribution in [-0.2, 0) is 0 Å². The lowest BCUT2D eigenvalue weighted by atomic mass is 10.1. The topological polar surface area (TPSA) is 29.1 Å². The molecule has 1 aromatic carbocycles. The molecule has 1 unspecified atom stereocenters. The van der Waals surface area contributed by atoms with Crippen LogP contribution in [0.2, 0.25) is 0 Å². The number of hydrogen-bond donors (Lipinski definition) is 1. The van der Waals surface area contributed by atoms with Crippen molar-refractivity contribution in [3.63, 3.8) is 0 Å². The van der Waals surface area contributed by atoms with Crippen LogP contribution in [0.1, 0.15) is 49.0 Å². The number of nitrogens with one attached hydrogen (secondary N) is 1. The summed E-state index contributed by atoms with van der Waals surface area (Å²) in [5, 5.41) is 2.97. The fourth-order valence-electron chi connectivity index (χ4n) is 1.78. The molecule has 2 nitrogen and oxygen atoms in total. The molecule has 0 aliphatic heterocycles. The first-order valence-electron chi connectivity index (χ1n) is 6.15. The molecule has 1 N–H and O–H groups in total. The van der Waals surface area contributed by atoms with Gasteiger partial charge < -0.3 is 5.32 Å². The van der Waals surface area contributed by atoms with Crippen LogP contribution < -0.4 is 5.32 Å². The third-order valence-electron chi connectivity index (χ3n) is 2.89. The number of halogens is 1. The Morgan fingerprint density at radius 3 is 2.65 bits per heavy atom. The standard InChI is InChI=1S/C14H20FNO/c1-4-6-12(5-2)16-14(17)11-7-8-13(15)10(3)9-11/h7-9,12H,4-6H2,1-3H3,(H,16,17). The summed E-state index contributed by atoms with van der Waals surface area (Å²) in [6, 6.07) is 4.66. The lowest BCUT2D eigenvalue weighted by Gasteiger charge is -2.16. The van der Waals surface area contributed by atoms with Gasteiger partial charge in [0.05, 0.1) is 0 Å². The van der Waals surface area contributed by atoms with Gasteiger partial charge in [0.15, 0.2) is 0 Å². The lowest BCUT2D eigenvalue weighted by molar-refractivity contribution is 0.0933. The first kappa shape index (κ1) is 13.7. The summed E-state index contributed by atoms with van der Waals surface area (Å²) < 4.78 is 13.1. The maximum Gasteiger partial charge on any atom is 0.251 e. The Balaban J connectivity index is 2.72. The van der Waals surface area contributed by atoms with E-state index in [9.17, 15) is 9.18 Å². The Labute approximate surface area is 102 Å². The predicted molar refractivity (Wildman–Crippen MR) is 67.6 cm³/mol. The van der Waals surface area contributed by atoms with Crippen LogP contribution in [0.3, 0.4) is 0 Å². The van der Waals surface area contributed by atoms with Gasteiger partial charge in [-0.2, -0.15) is 0 Å². The van der Waals surface area contributed by atoms with Gasteiger partial charge in [-0.05, 0) is 43.5 Å². The molecular formula is C14H20FNO. The van der Waals surface area contributed by atoms with Crippen LogP contribution in [-0.4, -0.2) is 11.9 Å². The Morgan fingerprint density at radius 2 is 2.12 bits per heavy atom. The Hall–Kier alpha value is -1.38. The number of rotatable bonds is 5. The summed E-state index contributed by atoms with van der Waals surface area (Å²) >= 11 is 0. The SMILES string of the molecule is CCCC(CC)NC(=O)c1ccc(F)c(C)c1. The van der Waals surface area contributed by atoms with Crippen molar-refractivity contribution in [2.45, 2.75) is 46.1 Å². The molecule has 0 aliphatic rings. The van der Waals surface area contributed by atoms with E-state index in [1.54, 1.807) is 13.0 Å². The van der Waals surface area contributed by atoms with Gasteiger partial charge in [0.2, 0.25) is 0 Å². The molecule has 3 heteroatoms. The molecule has 0 radical (unpaired) electrons. The van der Waals surface area contributed by atoms with Crippen molar-refractivity contribution in [1.29, 1.82) is 0 Å². The minimum Gasteiger partial charge on any atom is -0.349 e. The first-order valence-corrected chi connectivity index (χ1v) is 6.15. The number of aryl methyl sites for hydroxylation is 1. The van der Waals surface area contributed by atoms with Crippen molar-refractivity contribution in [2.75, 3.05) is 0 Å². The molecule has 1 atom stereocenters. The lowest BCUT2D eigenvalue weighted by Crippen LogP contribution is -2.34. The Kier molecular flexibility index (Phi) is 5.13. The predicted octanol–water partition coefficient (Wildman–Crippen LogP) is 3.44. The van der Waals surface area contributed by atoms with Crippen molar-refractivity contribution >= 4 is 5.91 Å². The van der Waals surface area contributed by atoms with Gasteiger partial charge in [-0.1, -0.05) is 20.3 Å². The molecule has 17 heavy (non-hydrogen) atoms. The summed E-state index contributed by atoms with van der Waals surface area (Å²) in [6.45, 7) is 5.81. The summed E-state index contributed by atoms with van der Waals surface area (Å²) in [7, 11) is 0. The third kappa shape index (κ3) is 3.84. The fourth-order valence-corrected chi connectivity index (χ4v) is 1.78. The molecular weight excluding hydrogens is 217 g/mol. The van der Waals surface area contributed by atoms with E-state index in [1.165, 1.54) is 12.1 Å². The quantitative estimate of drug-likeness (QED) is 0.835. The van der Waals surface area contributed by atoms with E-state index in [2.05, 4.69) is 19.2 Å². The minimum atomic E-state index is -0.276. The summed E-state index contributed by atoms with van der Waals surface area (Å²) in [5.74, 6) is -0.393. The van der Waals surface area contributed by atoms with Gasteiger partial charge in [-0.25, -0.2) is 4.39 Å². The molecule has 0 heterocycles. The molecule has 1 aromatic rings. The van der Waals surface area contributed by atoms with Gasteiger partial charge in [0, 0.05) is 11.6 Å². The van der Waals surface area contributed by atoms with Crippen LogP contribution in [0.5, 0.6) is 0 Å². The zero-order valence-electron chi connectivity index (χ0n) is 10.7. The summed E-state index contributed by atoms with van der Waals surface area (Å²) in [6.07, 6.45) is 2.93. The number of amides is 1. The highest BCUT2D eigenvalue weighted by Gasteiger charge is 2.12. The third-order valence-corrected chi connectivity index (χ3v) is 2.89. The molecule has 0 bridgehead atoms. The first-order chi connectivity index (χ1) is 8.08. The van der Waals surface area contributed by atoms with Crippen LogP contribution in [0, 0.1) is 12.7 Å². The average molecular weight is 237 g/mol. The molecule has 0 saturated heterocycles. The Bertz CT molecular complexity index is 390. The zero-order chi connectivity index (χ0) is 12.8. The van der Waals surface area contributed by atoms with Gasteiger partial charge in [0.25, 0.3) is 5.91 Å². The van der Waals surface area contributed by atoms with Crippen molar-refractivity contribution in [3.05, 3.63) is 35.1 Å². The number of carbonyl (C=O) groups is 1. The summed E-state index contributed by atoms with van der Waals surface area (Å²) in [4.78, 5) is 11.9. The average Bonchev–Trinajstić information content (AvgIpc) is 2.31. The molecule has 0 aromatic heterocycles. The second kappa shape index (κ2) is 6.38. The van der Waals surface area contributed by atoms with Crippen molar-refractivity contribution in [3.8, 4) is 0 Å². The van der Waals surface area contributed by atoms with E-state index in [0.717, 1.165) is 19.3 Å². The molecule has 1 rings (SSSR count). The van der Waals surface area contributed by atoms with Crippen LogP contribution in [0.4, 0.5) is 4.39 Å². The second-order valence-electron chi connectivity index (χ2n) is 4.33. The zero-order valence-corrected chi connectivity index (χ0v) is 10.7. The van der Waals surface area contributed by atoms with Gasteiger partial charge in [0.1, 0.15) is 5.82 Å². The Morgan fingerprint density at radius 1 is 1.41 bits per heavy atom. The fraction of sp³-hybridized carbons (Fsp3) is 0.500. The van der Waals surface area contributed by atoms with E-state index in [0.29, 0.717) is 11.1 Å². The van der Waals surface area contributed by atoms with Crippen LogP contribution >= 0.6 is 0 Å². The maximum atomic E-state index is 13.1. The van der Waals surface area contributed by atoms with E-state index in [1.807, 2.05) is 0 Å². The van der Waals surface area contributed by atoms with E-state index in [-0.39, 0.29) is 17.8 Å². The summed E-state index contributed by atoms with van der Waals surface area (Å²) in [5.41, 5.74) is 1.03. The van der Waals surface area contributed by atoms with Crippen molar-refractivity contribution < 1.29 is 9.18 Å². The number of hydrogen-bond acceptors (Lipinski definition) is 1. The van der Waals surface area contributed by atoms with Crippen molar-refractivity contribution in [2.24, 2.45) is 0 Å². The molecule has 0 aliphatic carbocycles. The normalized spacial score (nSPS) is 12.2. The van der Waals surface area contributed by atoms with Crippen LogP contribution in [0.25, 0.3) is 0 Å². The molecule has 0 fully saturated rings. The molecule has 0 saturated carbocycles. The highest BCUT2D eigenvalue weighted by Crippen LogP contribution is 2.10. The van der Waals surface area contributed by atoms with E-state index >= 15 is 0 Å². The highest BCUT2D eigenvalue weighted by molar-refractivity contribution is 5.94. The van der Waals surface area contributed by atoms with Crippen LogP contribution in [0.15, 0.2) is 18.2 Å². The van der Waals surface area contributed by atoms with Gasteiger partial charge in [-0.15, -0.1) is 0 Å². The monoisotopic (exact) mass is 237 g/mol. The van der Waals surface area contributed by atoms with Gasteiger partial charge in [-0.3, -0.25) is 4.79 Å². The maximum absolute atomic E-state index is 13.1. The molecule has 94 valence electrons. The van der Waals surface area contributed by atoms with Crippen molar-refractivity contribution in [1.82, 2.24) is 5.32 Å². The number of benzene rings is 1. The smallest absolute Gasteiger partial charge is 0.251 e. The van der Waals surface area contributed by atoms with E-state index < -0.39 is 0 Å². The number of carbonyl (C=O) groups excluding carboxylic acids is 1. The minimum absolute atomic E-state index is 0.117. The highest BCUT2D eigenvalue weighted by atomic mass is 19.1. The van der Waals surface area contributed by atoms with E-state index in [4.69, 9.17) is 0 Å².